The van der Waals surface area contributed by atoms with Gasteiger partial charge in [0.05, 0.1) is 6.04 Å². The zero-order valence-electron chi connectivity index (χ0n) is 12.8. The van der Waals surface area contributed by atoms with Gasteiger partial charge in [0.15, 0.2) is 0 Å². The number of alkyl halides is 2. The zero-order valence-corrected chi connectivity index (χ0v) is 12.8. The van der Waals surface area contributed by atoms with Gasteiger partial charge in [0.25, 0.3) is 0 Å². The molecule has 1 aromatic heterocycles. The number of nitrogens with zero attached hydrogens (tertiary/aromatic N) is 1. The van der Waals surface area contributed by atoms with Gasteiger partial charge in [-0.2, -0.15) is 8.78 Å². The summed E-state index contributed by atoms with van der Waals surface area (Å²) in [5.41, 5.74) is 4.49. The standard InChI is InChI=1S/C19H16F2N2O/c20-19(21)24-15-9-7-13(8-10-15)18-17-6-3-11-23(17)16-5-2-1-4-14(16)12-22-18/h1-11,18-19,22H,12H2/t18-/m0/s1. The predicted molar refractivity (Wildman–Crippen MR) is 87.5 cm³/mol. The maximum Gasteiger partial charge on any atom is 0.387 e. The van der Waals surface area contributed by atoms with Gasteiger partial charge in [-0.3, -0.25) is 0 Å². The SMILES string of the molecule is FC(F)Oc1ccc([C@@H]2NCc3ccccc3-n3cccc32)cc1. The normalized spacial score (nSPS) is 16.4. The number of nitrogens with one attached hydrogen (secondary N) is 1. The van der Waals surface area contributed by atoms with Crippen LogP contribution in [0.5, 0.6) is 5.75 Å². The minimum Gasteiger partial charge on any atom is -0.435 e. The van der Waals surface area contributed by atoms with Crippen LogP contribution in [0.25, 0.3) is 5.69 Å². The Morgan fingerprint density at radius 2 is 1.79 bits per heavy atom. The molecule has 0 unspecified atom stereocenters. The number of para-hydroxylation sites is 1. The average Bonchev–Trinajstić information content (AvgIpc) is 3.00. The Balaban J connectivity index is 1.71. The Kier molecular flexibility index (Phi) is 3.78. The van der Waals surface area contributed by atoms with E-state index in [2.05, 4.69) is 32.8 Å². The summed E-state index contributed by atoms with van der Waals surface area (Å²) in [7, 11) is 0. The summed E-state index contributed by atoms with van der Waals surface area (Å²) < 4.78 is 31.2. The molecule has 0 saturated carbocycles. The third-order valence-electron chi connectivity index (χ3n) is 4.26. The van der Waals surface area contributed by atoms with Crippen molar-refractivity contribution in [2.45, 2.75) is 19.2 Å². The highest BCUT2D eigenvalue weighted by Crippen LogP contribution is 2.31. The van der Waals surface area contributed by atoms with Crippen LogP contribution in [0.4, 0.5) is 8.78 Å². The van der Waals surface area contributed by atoms with Gasteiger partial charge in [0.2, 0.25) is 0 Å². The lowest BCUT2D eigenvalue weighted by atomic mass is 10.0. The van der Waals surface area contributed by atoms with Gasteiger partial charge in [0.1, 0.15) is 5.75 Å². The summed E-state index contributed by atoms with van der Waals surface area (Å²) in [6.45, 7) is -2.07. The first-order valence-electron chi connectivity index (χ1n) is 7.76. The fraction of sp³-hybridized carbons (Fsp3) is 0.158. The number of hydrogen-bond acceptors (Lipinski definition) is 2. The van der Waals surface area contributed by atoms with Crippen LogP contribution in [0, 0.1) is 0 Å². The number of ether oxygens (including phenoxy) is 1. The molecular weight excluding hydrogens is 310 g/mol. The largest absolute Gasteiger partial charge is 0.435 e. The van der Waals surface area contributed by atoms with Crippen molar-refractivity contribution in [1.82, 2.24) is 9.88 Å². The van der Waals surface area contributed by atoms with E-state index in [0.717, 1.165) is 23.5 Å². The number of benzene rings is 2. The first-order valence-corrected chi connectivity index (χ1v) is 7.76. The lowest BCUT2D eigenvalue weighted by molar-refractivity contribution is -0.0498. The third-order valence-corrected chi connectivity index (χ3v) is 4.26. The molecule has 1 aliphatic heterocycles. The van der Waals surface area contributed by atoms with Gasteiger partial charge in [-0.15, -0.1) is 0 Å². The van der Waals surface area contributed by atoms with Crippen molar-refractivity contribution in [3.63, 3.8) is 0 Å². The molecule has 0 aliphatic carbocycles. The third kappa shape index (κ3) is 2.67. The molecule has 3 nitrogen and oxygen atoms in total. The van der Waals surface area contributed by atoms with Crippen LogP contribution in [0.1, 0.15) is 22.9 Å². The van der Waals surface area contributed by atoms with Crippen LogP contribution in [-0.2, 0) is 6.54 Å². The Morgan fingerprint density at radius 1 is 1.00 bits per heavy atom. The summed E-state index contributed by atoms with van der Waals surface area (Å²) >= 11 is 0. The molecule has 1 atom stereocenters. The van der Waals surface area contributed by atoms with Crippen molar-refractivity contribution in [1.29, 1.82) is 0 Å². The molecule has 0 fully saturated rings. The van der Waals surface area contributed by atoms with E-state index in [9.17, 15) is 8.78 Å². The molecule has 24 heavy (non-hydrogen) atoms. The van der Waals surface area contributed by atoms with Crippen molar-refractivity contribution in [2.24, 2.45) is 0 Å². The fourth-order valence-electron chi connectivity index (χ4n) is 3.19. The Labute approximate surface area is 138 Å². The Hall–Kier alpha value is -2.66. The van der Waals surface area contributed by atoms with E-state index in [1.54, 1.807) is 12.1 Å². The monoisotopic (exact) mass is 326 g/mol. The molecule has 2 heterocycles. The molecule has 0 bridgehead atoms. The summed E-state index contributed by atoms with van der Waals surface area (Å²) in [5.74, 6) is 0.168. The number of rotatable bonds is 3. The molecule has 0 amide bonds. The van der Waals surface area contributed by atoms with Crippen LogP contribution >= 0.6 is 0 Å². The molecule has 0 saturated heterocycles. The van der Waals surface area contributed by atoms with E-state index in [1.807, 2.05) is 36.5 Å². The maximum absolute atomic E-state index is 12.3. The summed E-state index contributed by atoms with van der Waals surface area (Å²) in [6.07, 6.45) is 2.04. The zero-order chi connectivity index (χ0) is 16.5. The minimum absolute atomic E-state index is 0.0204. The Morgan fingerprint density at radius 3 is 2.58 bits per heavy atom. The van der Waals surface area contributed by atoms with Crippen LogP contribution in [0.3, 0.4) is 0 Å². The smallest absolute Gasteiger partial charge is 0.387 e. The van der Waals surface area contributed by atoms with Gasteiger partial charge >= 0.3 is 6.61 Å². The molecule has 5 heteroatoms. The number of halogens is 2. The lowest BCUT2D eigenvalue weighted by Gasteiger charge is -2.18. The lowest BCUT2D eigenvalue weighted by Crippen LogP contribution is -2.21. The van der Waals surface area contributed by atoms with Crippen molar-refractivity contribution < 1.29 is 13.5 Å². The van der Waals surface area contributed by atoms with Gasteiger partial charge in [0, 0.05) is 24.1 Å². The van der Waals surface area contributed by atoms with Crippen LogP contribution < -0.4 is 10.1 Å². The van der Waals surface area contributed by atoms with Gasteiger partial charge in [-0.1, -0.05) is 30.3 Å². The van der Waals surface area contributed by atoms with Gasteiger partial charge in [-0.25, -0.2) is 0 Å². The molecule has 122 valence electrons. The molecule has 3 aromatic rings. The van der Waals surface area contributed by atoms with Crippen LogP contribution in [0.2, 0.25) is 0 Å². The molecule has 2 aromatic carbocycles. The van der Waals surface area contributed by atoms with E-state index in [0.29, 0.717) is 0 Å². The predicted octanol–water partition coefficient (Wildman–Crippen LogP) is 4.27. The quantitative estimate of drug-likeness (QED) is 0.778. The van der Waals surface area contributed by atoms with Gasteiger partial charge < -0.3 is 14.6 Å². The highest BCUT2D eigenvalue weighted by Gasteiger charge is 2.22. The minimum atomic E-state index is -2.81. The molecule has 1 N–H and O–H groups in total. The topological polar surface area (TPSA) is 26.2 Å². The van der Waals surface area contributed by atoms with E-state index < -0.39 is 6.61 Å². The summed E-state index contributed by atoms with van der Waals surface area (Å²) in [4.78, 5) is 0. The Bertz CT molecular complexity index is 843. The average molecular weight is 326 g/mol. The fourth-order valence-corrected chi connectivity index (χ4v) is 3.19. The van der Waals surface area contributed by atoms with Crippen molar-refractivity contribution in [3.8, 4) is 11.4 Å². The number of hydrogen-bond donors (Lipinski definition) is 1. The first kappa shape index (κ1) is 14.9. The number of aromatic nitrogens is 1. The van der Waals surface area contributed by atoms with Crippen molar-refractivity contribution in [3.05, 3.63) is 83.7 Å². The second-order valence-corrected chi connectivity index (χ2v) is 5.69. The van der Waals surface area contributed by atoms with E-state index in [4.69, 9.17) is 0 Å². The van der Waals surface area contributed by atoms with Crippen molar-refractivity contribution >= 4 is 0 Å². The van der Waals surface area contributed by atoms with Gasteiger partial charge in [-0.05, 0) is 41.5 Å². The first-order chi connectivity index (χ1) is 11.7. The highest BCUT2D eigenvalue weighted by atomic mass is 19.3. The van der Waals surface area contributed by atoms with E-state index in [-0.39, 0.29) is 11.8 Å². The maximum atomic E-state index is 12.3. The second kappa shape index (κ2) is 6.09. The van der Waals surface area contributed by atoms with Crippen molar-refractivity contribution in [2.75, 3.05) is 0 Å². The van der Waals surface area contributed by atoms with Crippen LogP contribution in [0.15, 0.2) is 66.9 Å². The van der Waals surface area contributed by atoms with Crippen LogP contribution in [-0.4, -0.2) is 11.2 Å². The van der Waals surface area contributed by atoms with E-state index in [1.165, 1.54) is 5.56 Å². The molecular formula is C19H16F2N2O. The van der Waals surface area contributed by atoms with E-state index >= 15 is 0 Å². The molecule has 0 spiro atoms. The molecule has 0 radical (unpaired) electrons. The second-order valence-electron chi connectivity index (χ2n) is 5.69. The summed E-state index contributed by atoms with van der Waals surface area (Å²) in [6, 6.07) is 19.1. The summed E-state index contributed by atoms with van der Waals surface area (Å²) in [5, 5.41) is 3.55. The molecule has 1 aliphatic rings. The molecule has 4 rings (SSSR count). The highest BCUT2D eigenvalue weighted by molar-refractivity contribution is 5.47. The number of fused-ring (bicyclic) bond motifs is 3.